The Morgan fingerprint density at radius 1 is 1.00 bits per heavy atom. The van der Waals surface area contributed by atoms with E-state index in [0.717, 1.165) is 14.0 Å². The van der Waals surface area contributed by atoms with Gasteiger partial charge in [0.1, 0.15) is 23.9 Å². The number of aliphatic hydroxyl groups excluding tert-OH is 2. The summed E-state index contributed by atoms with van der Waals surface area (Å²) >= 11 is 0. The second-order valence-electron chi connectivity index (χ2n) is 19.0. The molecule has 0 amide bonds. The molecule has 2 saturated carbocycles. The summed E-state index contributed by atoms with van der Waals surface area (Å²) in [6.07, 6.45) is -11.3. The molecule has 328 valence electrons. The lowest BCUT2D eigenvalue weighted by Crippen LogP contribution is -2.82. The van der Waals surface area contributed by atoms with Gasteiger partial charge in [0.2, 0.25) is 0 Å². The van der Waals surface area contributed by atoms with Crippen molar-refractivity contribution in [3.63, 3.8) is 0 Å². The number of hydrogen-bond acceptors (Lipinski definition) is 16. The lowest BCUT2D eigenvalue weighted by Gasteiger charge is -2.67. The maximum absolute atomic E-state index is 15.4. The zero-order valence-corrected chi connectivity index (χ0v) is 36.1. The average molecular weight is 832 g/mol. The van der Waals surface area contributed by atoms with Crippen LogP contribution in [0.1, 0.15) is 99.4 Å². The number of carbonyl (C=O) groups excluding carboxylic acids is 5. The zero-order valence-electron chi connectivity index (χ0n) is 36.1. The number of hydrogen-bond donors (Lipinski definition) is 4. The molecule has 2 bridgehead atoms. The fourth-order valence-electron chi connectivity index (χ4n) is 9.53. The number of carbonyl (C=O) groups is 5. The van der Waals surface area contributed by atoms with Crippen molar-refractivity contribution in [3.8, 4) is 0 Å². The predicted molar refractivity (Wildman–Crippen MR) is 208 cm³/mol. The molecule has 3 aliphatic carbocycles. The second kappa shape index (κ2) is 16.2. The van der Waals surface area contributed by atoms with Gasteiger partial charge in [0.25, 0.3) is 0 Å². The van der Waals surface area contributed by atoms with Crippen LogP contribution in [0.15, 0.2) is 41.5 Å². The van der Waals surface area contributed by atoms with Crippen molar-refractivity contribution in [2.24, 2.45) is 22.2 Å². The van der Waals surface area contributed by atoms with E-state index < -0.39 is 118 Å². The Balaban J connectivity index is 1.74. The molecule has 4 aliphatic rings. The van der Waals surface area contributed by atoms with Crippen LogP contribution in [-0.2, 0) is 47.5 Å². The average Bonchev–Trinajstić information content (AvgIpc) is 3.13. The first-order chi connectivity index (χ1) is 27.2. The predicted octanol–water partition coefficient (Wildman–Crippen LogP) is 3.56. The number of rotatable bonds is 10. The van der Waals surface area contributed by atoms with Crippen LogP contribution in [0.25, 0.3) is 0 Å². The molecule has 1 heterocycles. The number of methoxy groups -OCH3 is 1. The molecule has 16 heteroatoms. The number of fused-ring (bicyclic) bond motifs is 5. The maximum Gasteiger partial charge on any atom is 0.508 e. The van der Waals surface area contributed by atoms with E-state index >= 15 is 4.79 Å². The smallest absolute Gasteiger partial charge is 0.456 e. The Hall–Kier alpha value is -3.93. The first-order valence-corrected chi connectivity index (χ1v) is 19.9. The van der Waals surface area contributed by atoms with E-state index in [-0.39, 0.29) is 36.5 Å². The highest BCUT2D eigenvalue weighted by Gasteiger charge is 2.78. The lowest BCUT2D eigenvalue weighted by atomic mass is 9.44. The molecular formula is C43H61NO15. The normalized spacial score (nSPS) is 33.7. The molecule has 0 spiro atoms. The van der Waals surface area contributed by atoms with Crippen LogP contribution in [0.2, 0.25) is 0 Å². The first-order valence-electron chi connectivity index (χ1n) is 19.9. The molecule has 11 atom stereocenters. The van der Waals surface area contributed by atoms with E-state index in [1.165, 1.54) is 19.1 Å². The molecule has 1 aromatic carbocycles. The minimum atomic E-state index is -2.36. The number of benzene rings is 1. The Bertz CT molecular complexity index is 1830. The summed E-state index contributed by atoms with van der Waals surface area (Å²) in [7, 11) is 1.08. The van der Waals surface area contributed by atoms with Gasteiger partial charge in [-0.3, -0.25) is 14.9 Å². The van der Waals surface area contributed by atoms with E-state index in [4.69, 9.17) is 33.2 Å². The molecule has 1 aromatic rings. The van der Waals surface area contributed by atoms with Gasteiger partial charge in [0, 0.05) is 25.2 Å². The Kier molecular flexibility index (Phi) is 12.6. The Labute approximate surface area is 345 Å². The zero-order chi connectivity index (χ0) is 44.3. The number of nitrogens with one attached hydrogen (secondary N) is 1. The van der Waals surface area contributed by atoms with Gasteiger partial charge < -0.3 is 48.5 Å². The SMILES string of the molecule is COC(=O)O[C@@]12CO[C@@H]1C[C@H](O)[C@@]1(C)C(=O)[C@H](OC(C)=O)C3=C(C)[C@@H](OC(=O)[C@H](O)[C@@H](NCOC(C)(C)C)C(C)(C)C)C[C@@](O)([C@@H](OC(=O)c4ccccc4)[C@H]21)C3(C)C. The van der Waals surface area contributed by atoms with Crippen LogP contribution in [0.4, 0.5) is 4.79 Å². The van der Waals surface area contributed by atoms with Gasteiger partial charge in [-0.05, 0) is 63.3 Å². The third kappa shape index (κ3) is 8.16. The maximum atomic E-state index is 15.4. The first kappa shape index (κ1) is 46.1. The fraction of sp³-hybridized carbons (Fsp3) is 0.698. The van der Waals surface area contributed by atoms with Crippen LogP contribution < -0.4 is 5.32 Å². The van der Waals surface area contributed by atoms with Crippen LogP contribution in [0.3, 0.4) is 0 Å². The summed E-state index contributed by atoms with van der Waals surface area (Å²) in [5.41, 5.74) is -8.83. The lowest BCUT2D eigenvalue weighted by molar-refractivity contribution is -0.344. The molecule has 0 aromatic heterocycles. The summed E-state index contributed by atoms with van der Waals surface area (Å²) in [6.45, 7) is 17.8. The van der Waals surface area contributed by atoms with E-state index in [1.54, 1.807) is 39.0 Å². The summed E-state index contributed by atoms with van der Waals surface area (Å²) < 4.78 is 40.9. The van der Waals surface area contributed by atoms with Crippen molar-refractivity contribution in [2.45, 2.75) is 148 Å². The summed E-state index contributed by atoms with van der Waals surface area (Å²) in [6, 6.07) is 6.97. The van der Waals surface area contributed by atoms with Gasteiger partial charge in [0.15, 0.2) is 23.6 Å². The molecule has 0 unspecified atom stereocenters. The van der Waals surface area contributed by atoms with Gasteiger partial charge in [-0.25, -0.2) is 14.4 Å². The van der Waals surface area contributed by atoms with Crippen LogP contribution in [-0.4, -0.2) is 125 Å². The number of aliphatic hydroxyl groups is 3. The van der Waals surface area contributed by atoms with E-state index in [0.29, 0.717) is 0 Å². The van der Waals surface area contributed by atoms with Crippen molar-refractivity contribution in [2.75, 3.05) is 20.4 Å². The summed E-state index contributed by atoms with van der Waals surface area (Å²) in [4.78, 5) is 69.8. The third-order valence-corrected chi connectivity index (χ3v) is 12.8. The topological polar surface area (TPSA) is 223 Å². The molecule has 16 nitrogen and oxygen atoms in total. The minimum Gasteiger partial charge on any atom is -0.456 e. The standard InChI is InChI=1S/C43H61NO15/c1-22-25(57-36(50)29(47)32(38(3,4)5)44-21-55-39(6,7)8)19-43(52)34(58-35(49)24-16-14-13-15-17-24)31-41(11,33(48)30(56-23(2)45)28(22)40(43,9)10)26(46)18-27-42(31,20-54-27)59-37(51)53-12/h13-17,25-27,29-32,34,44,46-47,52H,18-21H2,1-12H3/t25-,26-,27+,29+,30+,31-,32+,34-,41+,42-,43+/m0/s1. The molecule has 3 fully saturated rings. The molecular weight excluding hydrogens is 770 g/mol. The van der Waals surface area contributed by atoms with Crippen molar-refractivity contribution in [3.05, 3.63) is 47.0 Å². The number of ketones is 1. The molecule has 1 saturated heterocycles. The van der Waals surface area contributed by atoms with Gasteiger partial charge in [-0.15, -0.1) is 0 Å². The molecule has 1 aliphatic heterocycles. The Morgan fingerprint density at radius 2 is 1.63 bits per heavy atom. The van der Waals surface area contributed by atoms with Crippen molar-refractivity contribution < 1.29 is 72.5 Å². The van der Waals surface area contributed by atoms with Gasteiger partial charge >= 0.3 is 24.1 Å². The second-order valence-corrected chi connectivity index (χ2v) is 19.0. The summed E-state index contributed by atoms with van der Waals surface area (Å²) in [5, 5.41) is 40.4. The summed E-state index contributed by atoms with van der Waals surface area (Å²) in [5.74, 6) is -5.32. The van der Waals surface area contributed by atoms with Gasteiger partial charge in [-0.2, -0.15) is 0 Å². The highest BCUT2D eigenvalue weighted by molar-refractivity contribution is 5.95. The quantitative estimate of drug-likeness (QED) is 0.115. The van der Waals surface area contributed by atoms with Crippen LogP contribution >= 0.6 is 0 Å². The minimum absolute atomic E-state index is 0.0109. The molecule has 4 N–H and O–H groups in total. The molecule has 59 heavy (non-hydrogen) atoms. The van der Waals surface area contributed by atoms with Crippen molar-refractivity contribution in [1.82, 2.24) is 5.32 Å². The molecule has 0 radical (unpaired) electrons. The van der Waals surface area contributed by atoms with Crippen molar-refractivity contribution >= 4 is 29.8 Å². The number of esters is 3. The van der Waals surface area contributed by atoms with Crippen LogP contribution in [0.5, 0.6) is 0 Å². The van der Waals surface area contributed by atoms with E-state index in [9.17, 15) is 34.5 Å². The number of ether oxygens (including phenoxy) is 7. The largest absolute Gasteiger partial charge is 0.508 e. The Morgan fingerprint density at radius 3 is 2.15 bits per heavy atom. The van der Waals surface area contributed by atoms with Crippen LogP contribution in [0, 0.1) is 22.2 Å². The third-order valence-electron chi connectivity index (χ3n) is 12.8. The number of Topliss-reactive ketones (excluding diaryl/α,β-unsaturated/α-hetero) is 1. The monoisotopic (exact) mass is 831 g/mol. The fourth-order valence-corrected chi connectivity index (χ4v) is 9.53. The van der Waals surface area contributed by atoms with E-state index in [2.05, 4.69) is 5.32 Å². The van der Waals surface area contributed by atoms with Gasteiger partial charge in [-0.1, -0.05) is 52.8 Å². The highest BCUT2D eigenvalue weighted by atomic mass is 16.8. The van der Waals surface area contributed by atoms with Crippen molar-refractivity contribution in [1.29, 1.82) is 0 Å². The highest BCUT2D eigenvalue weighted by Crippen LogP contribution is 2.64. The molecule has 5 rings (SSSR count). The van der Waals surface area contributed by atoms with Gasteiger partial charge in [0.05, 0.1) is 55.1 Å². The van der Waals surface area contributed by atoms with E-state index in [1.807, 2.05) is 41.5 Å².